The van der Waals surface area contributed by atoms with Crippen molar-refractivity contribution < 1.29 is 4.79 Å². The van der Waals surface area contributed by atoms with Gasteiger partial charge in [-0.1, -0.05) is 11.6 Å². The van der Waals surface area contributed by atoms with Gasteiger partial charge in [-0.2, -0.15) is 0 Å². The van der Waals surface area contributed by atoms with Gasteiger partial charge in [0.05, 0.1) is 10.9 Å². The standard InChI is InChI=1S/C9H9Cl2NO/c1-5-2-6(12)3-7(9(5)11)8(13)4-10/h2-3H,4,12H2,1H3. The average molecular weight is 218 g/mol. The van der Waals surface area contributed by atoms with Gasteiger partial charge in [-0.25, -0.2) is 0 Å². The van der Waals surface area contributed by atoms with Crippen LogP contribution in [0.2, 0.25) is 5.02 Å². The van der Waals surface area contributed by atoms with Crippen LogP contribution >= 0.6 is 23.2 Å². The van der Waals surface area contributed by atoms with E-state index in [-0.39, 0.29) is 11.7 Å². The summed E-state index contributed by atoms with van der Waals surface area (Å²) in [6.45, 7) is 1.80. The van der Waals surface area contributed by atoms with E-state index in [4.69, 9.17) is 28.9 Å². The van der Waals surface area contributed by atoms with Crippen molar-refractivity contribution in [3.05, 3.63) is 28.3 Å². The van der Waals surface area contributed by atoms with Gasteiger partial charge in [0, 0.05) is 11.3 Å². The summed E-state index contributed by atoms with van der Waals surface area (Å²) in [6, 6.07) is 3.26. The van der Waals surface area contributed by atoms with Crippen LogP contribution in [0.4, 0.5) is 5.69 Å². The number of carbonyl (C=O) groups excluding carboxylic acids is 1. The van der Waals surface area contributed by atoms with E-state index >= 15 is 0 Å². The third kappa shape index (κ3) is 2.14. The second-order valence-electron chi connectivity index (χ2n) is 2.76. The highest BCUT2D eigenvalue weighted by Gasteiger charge is 2.11. The SMILES string of the molecule is Cc1cc(N)cc(C(=O)CCl)c1Cl. The van der Waals surface area contributed by atoms with Crippen molar-refractivity contribution in [2.75, 3.05) is 11.6 Å². The summed E-state index contributed by atoms with van der Waals surface area (Å²) in [5, 5.41) is 0.430. The molecular weight excluding hydrogens is 209 g/mol. The molecule has 1 aromatic rings. The zero-order valence-corrected chi connectivity index (χ0v) is 8.62. The number of hydrogen-bond acceptors (Lipinski definition) is 2. The minimum Gasteiger partial charge on any atom is -0.399 e. The van der Waals surface area contributed by atoms with Crippen molar-refractivity contribution in [1.82, 2.24) is 0 Å². The first kappa shape index (κ1) is 10.4. The molecule has 0 spiro atoms. The summed E-state index contributed by atoms with van der Waals surface area (Å²) < 4.78 is 0. The summed E-state index contributed by atoms with van der Waals surface area (Å²) in [4.78, 5) is 11.3. The van der Waals surface area contributed by atoms with Crippen molar-refractivity contribution in [1.29, 1.82) is 0 Å². The van der Waals surface area contributed by atoms with Crippen LogP contribution in [0.5, 0.6) is 0 Å². The highest BCUT2D eigenvalue weighted by Crippen LogP contribution is 2.24. The van der Waals surface area contributed by atoms with Crippen molar-refractivity contribution >= 4 is 34.7 Å². The predicted molar refractivity (Wildman–Crippen MR) is 55.7 cm³/mol. The lowest BCUT2D eigenvalue weighted by Crippen LogP contribution is -2.03. The van der Waals surface area contributed by atoms with E-state index in [0.29, 0.717) is 16.3 Å². The lowest BCUT2D eigenvalue weighted by molar-refractivity contribution is 0.102. The first-order valence-corrected chi connectivity index (χ1v) is 4.62. The topological polar surface area (TPSA) is 43.1 Å². The van der Waals surface area contributed by atoms with Gasteiger partial charge >= 0.3 is 0 Å². The molecular formula is C9H9Cl2NO. The Morgan fingerprint density at radius 1 is 1.54 bits per heavy atom. The van der Waals surface area contributed by atoms with E-state index in [0.717, 1.165) is 5.56 Å². The van der Waals surface area contributed by atoms with Gasteiger partial charge in [-0.15, -0.1) is 11.6 Å². The van der Waals surface area contributed by atoms with Crippen LogP contribution in [0.15, 0.2) is 12.1 Å². The van der Waals surface area contributed by atoms with Gasteiger partial charge in [-0.3, -0.25) is 4.79 Å². The first-order chi connectivity index (χ1) is 6.06. The molecule has 2 nitrogen and oxygen atoms in total. The number of ketones is 1. The number of halogens is 2. The Labute approximate surface area is 86.6 Å². The Hall–Kier alpha value is -0.730. The molecule has 1 aromatic carbocycles. The summed E-state index contributed by atoms with van der Waals surface area (Å²) in [5.41, 5.74) is 7.27. The number of carbonyl (C=O) groups is 1. The van der Waals surface area contributed by atoms with E-state index in [1.807, 2.05) is 0 Å². The van der Waals surface area contributed by atoms with Crippen LogP contribution in [0.1, 0.15) is 15.9 Å². The highest BCUT2D eigenvalue weighted by atomic mass is 35.5. The maximum Gasteiger partial charge on any atom is 0.179 e. The molecule has 0 aliphatic heterocycles. The van der Waals surface area contributed by atoms with Crippen molar-refractivity contribution in [2.45, 2.75) is 6.92 Å². The number of aryl methyl sites for hydroxylation is 1. The molecule has 0 unspecified atom stereocenters. The molecule has 0 heterocycles. The lowest BCUT2D eigenvalue weighted by atomic mass is 10.1. The molecule has 0 aromatic heterocycles. The molecule has 4 heteroatoms. The van der Waals surface area contributed by atoms with Crippen LogP contribution in [0.25, 0.3) is 0 Å². The number of Topliss-reactive ketones (excluding diaryl/α,β-unsaturated/α-hetero) is 1. The van der Waals surface area contributed by atoms with E-state index in [9.17, 15) is 4.79 Å². The van der Waals surface area contributed by atoms with Gasteiger partial charge in [0.2, 0.25) is 0 Å². The van der Waals surface area contributed by atoms with Crippen LogP contribution in [0.3, 0.4) is 0 Å². The van der Waals surface area contributed by atoms with E-state index < -0.39 is 0 Å². The second kappa shape index (κ2) is 3.99. The van der Waals surface area contributed by atoms with Crippen molar-refractivity contribution in [3.8, 4) is 0 Å². The molecule has 0 saturated heterocycles. The number of rotatable bonds is 2. The number of anilines is 1. The lowest BCUT2D eigenvalue weighted by Gasteiger charge is -2.05. The average Bonchev–Trinajstić information content (AvgIpc) is 2.10. The second-order valence-corrected chi connectivity index (χ2v) is 3.40. The van der Waals surface area contributed by atoms with Crippen molar-refractivity contribution in [3.63, 3.8) is 0 Å². The summed E-state index contributed by atoms with van der Waals surface area (Å²) in [7, 11) is 0. The fraction of sp³-hybridized carbons (Fsp3) is 0.222. The third-order valence-corrected chi connectivity index (χ3v) is 2.44. The Morgan fingerprint density at radius 2 is 2.15 bits per heavy atom. The number of nitrogen functional groups attached to an aromatic ring is 1. The Kier molecular flexibility index (Phi) is 3.17. The molecule has 13 heavy (non-hydrogen) atoms. The molecule has 0 aliphatic rings. The van der Waals surface area contributed by atoms with Crippen LogP contribution in [-0.2, 0) is 0 Å². The Morgan fingerprint density at radius 3 is 2.69 bits per heavy atom. The largest absolute Gasteiger partial charge is 0.399 e. The zero-order chi connectivity index (χ0) is 10.0. The van der Waals surface area contributed by atoms with Crippen molar-refractivity contribution in [2.24, 2.45) is 0 Å². The molecule has 0 fully saturated rings. The predicted octanol–water partition coefficient (Wildman–Crippen LogP) is 2.65. The van der Waals surface area contributed by atoms with Gasteiger partial charge in [0.25, 0.3) is 0 Å². The highest BCUT2D eigenvalue weighted by molar-refractivity contribution is 6.38. The molecule has 0 saturated carbocycles. The molecule has 2 N–H and O–H groups in total. The van der Waals surface area contributed by atoms with E-state index in [1.165, 1.54) is 0 Å². The molecule has 0 aliphatic carbocycles. The number of nitrogens with two attached hydrogens (primary N) is 1. The van der Waals surface area contributed by atoms with Gasteiger partial charge in [0.1, 0.15) is 0 Å². The maximum atomic E-state index is 11.3. The monoisotopic (exact) mass is 217 g/mol. The summed E-state index contributed by atoms with van der Waals surface area (Å²) >= 11 is 11.3. The molecule has 0 bridgehead atoms. The first-order valence-electron chi connectivity index (χ1n) is 3.71. The smallest absolute Gasteiger partial charge is 0.179 e. The molecule has 1 rings (SSSR count). The molecule has 0 atom stereocenters. The maximum absolute atomic E-state index is 11.3. The van der Waals surface area contributed by atoms with Crippen LogP contribution in [-0.4, -0.2) is 11.7 Å². The quantitative estimate of drug-likeness (QED) is 0.471. The molecule has 70 valence electrons. The van der Waals surface area contributed by atoms with Gasteiger partial charge in [0.15, 0.2) is 5.78 Å². The normalized spacial score (nSPS) is 10.1. The fourth-order valence-corrected chi connectivity index (χ4v) is 1.43. The summed E-state index contributed by atoms with van der Waals surface area (Å²) in [6.07, 6.45) is 0. The van der Waals surface area contributed by atoms with Gasteiger partial charge < -0.3 is 5.73 Å². The number of hydrogen-bond donors (Lipinski definition) is 1. The van der Waals surface area contributed by atoms with Crippen LogP contribution < -0.4 is 5.73 Å². The summed E-state index contributed by atoms with van der Waals surface area (Å²) in [5.74, 6) is -0.287. The zero-order valence-electron chi connectivity index (χ0n) is 7.10. The fourth-order valence-electron chi connectivity index (χ4n) is 1.07. The minimum atomic E-state index is -0.206. The Bertz CT molecular complexity index is 350. The van der Waals surface area contributed by atoms with E-state index in [2.05, 4.69) is 0 Å². The van der Waals surface area contributed by atoms with Crippen LogP contribution in [0, 0.1) is 6.92 Å². The Balaban J connectivity index is 3.28. The molecule has 0 radical (unpaired) electrons. The molecule has 0 amide bonds. The third-order valence-electron chi connectivity index (χ3n) is 1.70. The minimum absolute atomic E-state index is 0.0807. The number of benzene rings is 1. The van der Waals surface area contributed by atoms with Gasteiger partial charge in [-0.05, 0) is 24.6 Å². The number of alkyl halides is 1. The van der Waals surface area contributed by atoms with E-state index in [1.54, 1.807) is 19.1 Å².